The fourth-order valence-electron chi connectivity index (χ4n) is 2.46. The van der Waals surface area contributed by atoms with Gasteiger partial charge in [0.15, 0.2) is 13.2 Å². The molecule has 0 aliphatic carbocycles. The van der Waals surface area contributed by atoms with Crippen LogP contribution in [0.4, 0.5) is 4.39 Å². The number of halogens is 2. The Bertz CT molecular complexity index is 876. The Balaban J connectivity index is 1.83. The number of rotatable bonds is 9. The molecule has 7 nitrogen and oxygen atoms in total. The van der Waals surface area contributed by atoms with Crippen LogP contribution in [0.1, 0.15) is 18.5 Å². The highest BCUT2D eigenvalue weighted by Gasteiger charge is 2.17. The number of hydrogen-bond acceptors (Lipinski definition) is 6. The lowest BCUT2D eigenvalue weighted by Crippen LogP contribution is -2.32. The van der Waals surface area contributed by atoms with Gasteiger partial charge in [0.1, 0.15) is 23.1 Å². The van der Waals surface area contributed by atoms with Crippen molar-refractivity contribution in [3.63, 3.8) is 0 Å². The lowest BCUT2D eigenvalue weighted by Gasteiger charge is -2.18. The van der Waals surface area contributed by atoms with Crippen LogP contribution < -0.4 is 19.5 Å². The third-order valence-electron chi connectivity index (χ3n) is 3.88. The Hall–Kier alpha value is -2.81. The molecule has 29 heavy (non-hydrogen) atoms. The highest BCUT2D eigenvalue weighted by Crippen LogP contribution is 2.29. The molecule has 2 rings (SSSR count). The quantitative estimate of drug-likeness (QED) is 0.566. The second-order valence-electron chi connectivity index (χ2n) is 5.92. The molecular weight excluding hydrogens is 449 g/mol. The fraction of sp³-hybridized carbons (Fsp3) is 0.300. The summed E-state index contributed by atoms with van der Waals surface area (Å²) in [6.07, 6.45) is 0. The number of ether oxygens (including phenoxy) is 4. The average Bonchev–Trinajstić information content (AvgIpc) is 2.71. The molecule has 0 spiro atoms. The molecule has 0 aromatic heterocycles. The number of hydrogen-bond donors (Lipinski definition) is 1. The van der Waals surface area contributed by atoms with Gasteiger partial charge in [0, 0.05) is 5.56 Å². The van der Waals surface area contributed by atoms with Gasteiger partial charge in [-0.1, -0.05) is 0 Å². The van der Waals surface area contributed by atoms with Crippen molar-refractivity contribution >= 4 is 27.8 Å². The Morgan fingerprint density at radius 3 is 2.45 bits per heavy atom. The molecule has 9 heteroatoms. The third-order valence-corrected chi connectivity index (χ3v) is 4.50. The van der Waals surface area contributed by atoms with Crippen molar-refractivity contribution in [2.45, 2.75) is 13.0 Å². The highest BCUT2D eigenvalue weighted by molar-refractivity contribution is 9.10. The van der Waals surface area contributed by atoms with E-state index in [4.69, 9.17) is 18.9 Å². The Morgan fingerprint density at radius 2 is 1.79 bits per heavy atom. The summed E-state index contributed by atoms with van der Waals surface area (Å²) in [6, 6.07) is 8.62. The van der Waals surface area contributed by atoms with Crippen molar-refractivity contribution in [1.82, 2.24) is 5.32 Å². The first-order chi connectivity index (χ1) is 13.8. The minimum atomic E-state index is -0.733. The Labute approximate surface area is 176 Å². The van der Waals surface area contributed by atoms with E-state index in [1.54, 1.807) is 32.2 Å². The molecule has 2 aromatic rings. The number of carbonyl (C=O) groups is 2. The molecule has 0 saturated carbocycles. The summed E-state index contributed by atoms with van der Waals surface area (Å²) >= 11 is 3.13. The fourth-order valence-corrected chi connectivity index (χ4v) is 2.92. The van der Waals surface area contributed by atoms with E-state index in [0.717, 1.165) is 5.56 Å². The lowest BCUT2D eigenvalue weighted by atomic mass is 10.1. The summed E-state index contributed by atoms with van der Waals surface area (Å²) in [5.74, 6) is -0.162. The van der Waals surface area contributed by atoms with Crippen LogP contribution in [0.25, 0.3) is 0 Å². The SMILES string of the molecule is COc1ccc(OC)c(C(C)NC(=O)COC(=O)COc2ccc(F)cc2Br)c1. The molecule has 0 aliphatic heterocycles. The van der Waals surface area contributed by atoms with E-state index in [1.807, 2.05) is 0 Å². The molecule has 2 aromatic carbocycles. The Kier molecular flexibility index (Phi) is 8.26. The van der Waals surface area contributed by atoms with Crippen LogP contribution in [-0.2, 0) is 14.3 Å². The van der Waals surface area contributed by atoms with E-state index < -0.39 is 36.9 Å². The van der Waals surface area contributed by atoms with E-state index in [2.05, 4.69) is 21.2 Å². The number of amides is 1. The van der Waals surface area contributed by atoms with Crippen molar-refractivity contribution in [3.05, 3.63) is 52.3 Å². The van der Waals surface area contributed by atoms with Crippen LogP contribution in [0.15, 0.2) is 40.9 Å². The maximum absolute atomic E-state index is 13.0. The van der Waals surface area contributed by atoms with Gasteiger partial charge < -0.3 is 24.3 Å². The van der Waals surface area contributed by atoms with Crippen LogP contribution in [0.3, 0.4) is 0 Å². The molecular formula is C20H21BrFNO6. The summed E-state index contributed by atoms with van der Waals surface area (Å²) in [5, 5.41) is 2.73. The zero-order valence-corrected chi connectivity index (χ0v) is 17.7. The van der Waals surface area contributed by atoms with Crippen molar-refractivity contribution in [1.29, 1.82) is 0 Å². The van der Waals surface area contributed by atoms with Gasteiger partial charge in [0.25, 0.3) is 5.91 Å². The van der Waals surface area contributed by atoms with Gasteiger partial charge >= 0.3 is 5.97 Å². The standard InChI is InChI=1S/C20H21BrFNO6/c1-12(15-9-14(26-2)5-7-17(15)27-3)23-19(24)10-29-20(25)11-28-18-6-4-13(22)8-16(18)21/h4-9,12H,10-11H2,1-3H3,(H,23,24). The largest absolute Gasteiger partial charge is 0.497 e. The molecule has 0 radical (unpaired) electrons. The first-order valence-corrected chi connectivity index (χ1v) is 9.38. The predicted molar refractivity (Wildman–Crippen MR) is 107 cm³/mol. The summed E-state index contributed by atoms with van der Waals surface area (Å²) in [5.41, 5.74) is 0.719. The summed E-state index contributed by atoms with van der Waals surface area (Å²) in [7, 11) is 3.07. The lowest BCUT2D eigenvalue weighted by molar-refractivity contribution is -0.150. The molecule has 156 valence electrons. The number of methoxy groups -OCH3 is 2. The van der Waals surface area contributed by atoms with E-state index in [-0.39, 0.29) is 5.75 Å². The molecule has 0 aliphatic rings. The third kappa shape index (κ3) is 6.63. The zero-order valence-electron chi connectivity index (χ0n) is 16.2. The average molecular weight is 470 g/mol. The van der Waals surface area contributed by atoms with Crippen molar-refractivity contribution in [2.75, 3.05) is 27.4 Å². The second kappa shape index (κ2) is 10.7. The maximum atomic E-state index is 13.0. The molecule has 0 saturated heterocycles. The number of carbonyl (C=O) groups excluding carboxylic acids is 2. The molecule has 1 unspecified atom stereocenters. The van der Waals surface area contributed by atoms with Gasteiger partial charge in [-0.3, -0.25) is 4.79 Å². The Morgan fingerprint density at radius 1 is 1.07 bits per heavy atom. The number of benzene rings is 2. The second-order valence-corrected chi connectivity index (χ2v) is 6.78. The number of esters is 1. The van der Waals surface area contributed by atoms with E-state index in [1.165, 1.54) is 25.3 Å². The first kappa shape index (κ1) is 22.5. The maximum Gasteiger partial charge on any atom is 0.344 e. The van der Waals surface area contributed by atoms with Crippen LogP contribution in [0, 0.1) is 5.82 Å². The van der Waals surface area contributed by atoms with Crippen LogP contribution in [-0.4, -0.2) is 39.3 Å². The van der Waals surface area contributed by atoms with Crippen molar-refractivity contribution in [3.8, 4) is 17.2 Å². The molecule has 0 bridgehead atoms. The van der Waals surface area contributed by atoms with Crippen molar-refractivity contribution < 1.29 is 32.9 Å². The van der Waals surface area contributed by atoms with Crippen molar-refractivity contribution in [2.24, 2.45) is 0 Å². The van der Waals surface area contributed by atoms with Gasteiger partial charge in [-0.05, 0) is 59.3 Å². The summed E-state index contributed by atoms with van der Waals surface area (Å²) in [4.78, 5) is 23.9. The summed E-state index contributed by atoms with van der Waals surface area (Å²) in [6.45, 7) is 0.881. The van der Waals surface area contributed by atoms with E-state index in [0.29, 0.717) is 16.0 Å². The van der Waals surface area contributed by atoms with Gasteiger partial charge in [-0.2, -0.15) is 0 Å². The van der Waals surface area contributed by atoms with Crippen LogP contribution >= 0.6 is 15.9 Å². The first-order valence-electron chi connectivity index (χ1n) is 8.58. The minimum Gasteiger partial charge on any atom is -0.497 e. The molecule has 0 fully saturated rings. The van der Waals surface area contributed by atoms with Gasteiger partial charge in [-0.25, -0.2) is 9.18 Å². The normalized spacial score (nSPS) is 11.3. The van der Waals surface area contributed by atoms with E-state index >= 15 is 0 Å². The minimum absolute atomic E-state index is 0.284. The van der Waals surface area contributed by atoms with Crippen LogP contribution in [0.2, 0.25) is 0 Å². The molecule has 0 heterocycles. The molecule has 1 amide bonds. The van der Waals surface area contributed by atoms with E-state index in [9.17, 15) is 14.0 Å². The highest BCUT2D eigenvalue weighted by atomic mass is 79.9. The van der Waals surface area contributed by atoms with Crippen LogP contribution in [0.5, 0.6) is 17.2 Å². The topological polar surface area (TPSA) is 83.1 Å². The van der Waals surface area contributed by atoms with Gasteiger partial charge in [0.05, 0.1) is 24.7 Å². The molecule has 1 N–H and O–H groups in total. The number of nitrogens with one attached hydrogen (secondary N) is 1. The monoisotopic (exact) mass is 469 g/mol. The summed E-state index contributed by atoms with van der Waals surface area (Å²) < 4.78 is 34.0. The zero-order chi connectivity index (χ0) is 21.4. The van der Waals surface area contributed by atoms with Gasteiger partial charge in [-0.15, -0.1) is 0 Å². The smallest absolute Gasteiger partial charge is 0.344 e. The molecule has 1 atom stereocenters. The van der Waals surface area contributed by atoms with Gasteiger partial charge in [0.2, 0.25) is 0 Å². The predicted octanol–water partition coefficient (Wildman–Crippen LogP) is 3.40.